The van der Waals surface area contributed by atoms with Crippen LogP contribution in [-0.4, -0.2) is 9.55 Å². The van der Waals surface area contributed by atoms with E-state index < -0.39 is 0 Å². The molecule has 2 nitrogen and oxygen atoms in total. The molecule has 13 aromatic rings. The van der Waals surface area contributed by atoms with Gasteiger partial charge in [0, 0.05) is 21.9 Å². The van der Waals surface area contributed by atoms with E-state index in [1.54, 1.807) is 0 Å². The number of benzene rings is 11. The summed E-state index contributed by atoms with van der Waals surface area (Å²) in [6, 6.07) is 84.4. The summed E-state index contributed by atoms with van der Waals surface area (Å²) >= 11 is 0. The van der Waals surface area contributed by atoms with Crippen LogP contribution in [-0.2, 0) is 0 Å². The predicted octanol–water partition coefficient (Wildman–Crippen LogP) is 16.6. The third-order valence-electron chi connectivity index (χ3n) is 13.1. The first kappa shape index (κ1) is 35.4. The molecule has 11 aromatic carbocycles. The van der Waals surface area contributed by atoms with Crippen LogP contribution in [0.5, 0.6) is 0 Å². The molecular formula is C61H38N2. The van der Waals surface area contributed by atoms with Gasteiger partial charge in [0.25, 0.3) is 0 Å². The van der Waals surface area contributed by atoms with Crippen molar-refractivity contribution >= 4 is 75.7 Å². The molecule has 2 aromatic heterocycles. The Labute approximate surface area is 364 Å². The van der Waals surface area contributed by atoms with Gasteiger partial charge < -0.3 is 4.57 Å². The van der Waals surface area contributed by atoms with Gasteiger partial charge in [-0.25, -0.2) is 4.98 Å². The van der Waals surface area contributed by atoms with E-state index in [9.17, 15) is 0 Å². The van der Waals surface area contributed by atoms with Crippen molar-refractivity contribution in [2.75, 3.05) is 0 Å². The first-order valence-corrected chi connectivity index (χ1v) is 21.7. The SMILES string of the molecule is c1ccc(-c2cc(-n3c4ccc(-c5ccc6ccccc6c5)cc4c4cc5c6cc(-c7ccc8ccccc8c7)ccc6c6ccccc6c5cc43)cc(-c3ccccc3)n2)cc1. The van der Waals surface area contributed by atoms with Crippen LogP contribution < -0.4 is 0 Å². The summed E-state index contributed by atoms with van der Waals surface area (Å²) in [6.07, 6.45) is 0. The number of hydrogen-bond acceptors (Lipinski definition) is 1. The van der Waals surface area contributed by atoms with Crippen molar-refractivity contribution in [2.24, 2.45) is 0 Å². The molecule has 0 bridgehead atoms. The van der Waals surface area contributed by atoms with Gasteiger partial charge in [0.2, 0.25) is 0 Å². The highest BCUT2D eigenvalue weighted by atomic mass is 15.0. The molecule has 0 atom stereocenters. The molecule has 0 aliphatic rings. The van der Waals surface area contributed by atoms with E-state index in [1.807, 2.05) is 0 Å². The molecule has 0 saturated heterocycles. The van der Waals surface area contributed by atoms with Crippen LogP contribution in [0.15, 0.2) is 231 Å². The van der Waals surface area contributed by atoms with Crippen molar-refractivity contribution in [1.29, 1.82) is 0 Å². The molecule has 13 rings (SSSR count). The van der Waals surface area contributed by atoms with Gasteiger partial charge in [0.1, 0.15) is 0 Å². The molecule has 0 radical (unpaired) electrons. The topological polar surface area (TPSA) is 17.8 Å². The fourth-order valence-corrected chi connectivity index (χ4v) is 10.00. The highest BCUT2D eigenvalue weighted by Gasteiger charge is 2.20. The lowest BCUT2D eigenvalue weighted by Gasteiger charge is -2.15. The van der Waals surface area contributed by atoms with Crippen molar-refractivity contribution in [1.82, 2.24) is 9.55 Å². The largest absolute Gasteiger partial charge is 0.309 e. The molecule has 2 heterocycles. The molecule has 0 amide bonds. The summed E-state index contributed by atoms with van der Waals surface area (Å²) in [5, 5.41) is 14.9. The van der Waals surface area contributed by atoms with Crippen molar-refractivity contribution < 1.29 is 0 Å². The highest BCUT2D eigenvalue weighted by Crippen LogP contribution is 2.44. The molecular weight excluding hydrogens is 761 g/mol. The first-order valence-electron chi connectivity index (χ1n) is 21.7. The number of pyridine rings is 1. The average molecular weight is 799 g/mol. The van der Waals surface area contributed by atoms with Gasteiger partial charge >= 0.3 is 0 Å². The van der Waals surface area contributed by atoms with Gasteiger partial charge in [-0.15, -0.1) is 0 Å². The van der Waals surface area contributed by atoms with Crippen LogP contribution >= 0.6 is 0 Å². The summed E-state index contributed by atoms with van der Waals surface area (Å²) in [7, 11) is 0. The molecule has 292 valence electrons. The summed E-state index contributed by atoms with van der Waals surface area (Å²) in [5.74, 6) is 0. The van der Waals surface area contributed by atoms with E-state index in [2.05, 4.69) is 235 Å². The van der Waals surface area contributed by atoms with E-state index in [1.165, 1.54) is 86.9 Å². The van der Waals surface area contributed by atoms with E-state index in [4.69, 9.17) is 4.98 Å². The molecule has 0 saturated carbocycles. The van der Waals surface area contributed by atoms with Crippen LogP contribution in [0.25, 0.3) is 126 Å². The quantitative estimate of drug-likeness (QED) is 0.159. The minimum absolute atomic E-state index is 0.938. The second-order valence-corrected chi connectivity index (χ2v) is 16.7. The van der Waals surface area contributed by atoms with Crippen molar-refractivity contribution in [3.63, 3.8) is 0 Å². The van der Waals surface area contributed by atoms with E-state index in [0.717, 1.165) is 39.2 Å². The zero-order valence-electron chi connectivity index (χ0n) is 34.3. The molecule has 0 fully saturated rings. The number of hydrogen-bond donors (Lipinski definition) is 0. The van der Waals surface area contributed by atoms with E-state index in [-0.39, 0.29) is 0 Å². The summed E-state index contributed by atoms with van der Waals surface area (Å²) in [6.45, 7) is 0. The van der Waals surface area contributed by atoms with Gasteiger partial charge in [-0.2, -0.15) is 0 Å². The molecule has 0 unspecified atom stereocenters. The second-order valence-electron chi connectivity index (χ2n) is 16.7. The molecule has 0 aliphatic carbocycles. The summed E-state index contributed by atoms with van der Waals surface area (Å²) in [4.78, 5) is 5.28. The lowest BCUT2D eigenvalue weighted by atomic mass is 9.90. The Kier molecular flexibility index (Phi) is 7.94. The number of aromatic nitrogens is 2. The fraction of sp³-hybridized carbons (Fsp3) is 0. The molecule has 2 heteroatoms. The summed E-state index contributed by atoms with van der Waals surface area (Å²) in [5.41, 5.74) is 12.3. The predicted molar refractivity (Wildman–Crippen MR) is 268 cm³/mol. The van der Waals surface area contributed by atoms with E-state index in [0.29, 0.717) is 0 Å². The minimum Gasteiger partial charge on any atom is -0.309 e. The van der Waals surface area contributed by atoms with Gasteiger partial charge in [-0.1, -0.05) is 176 Å². The molecule has 0 spiro atoms. The van der Waals surface area contributed by atoms with Crippen molar-refractivity contribution in [3.8, 4) is 50.5 Å². The Morgan fingerprint density at radius 3 is 1.29 bits per heavy atom. The number of nitrogens with zero attached hydrogens (tertiary/aromatic N) is 2. The minimum atomic E-state index is 0.938. The maximum Gasteiger partial charge on any atom is 0.0730 e. The zero-order valence-corrected chi connectivity index (χ0v) is 34.3. The smallest absolute Gasteiger partial charge is 0.0730 e. The Bertz CT molecular complexity index is 3900. The second kappa shape index (κ2) is 14.1. The van der Waals surface area contributed by atoms with Crippen molar-refractivity contribution in [3.05, 3.63) is 231 Å². The Morgan fingerprint density at radius 1 is 0.238 bits per heavy atom. The Hall–Kier alpha value is -8.33. The van der Waals surface area contributed by atoms with Gasteiger partial charge in [0.05, 0.1) is 28.1 Å². The number of rotatable bonds is 5. The molecule has 63 heavy (non-hydrogen) atoms. The van der Waals surface area contributed by atoms with Gasteiger partial charge in [-0.05, 0) is 131 Å². The standard InChI is InChI=1S/C61H38N2/c1-3-15-41(16-4-1)58-35-49(36-59(62-58)42-17-5-2-6-18-42)63-60-30-28-48(46-26-24-40-14-8-10-20-44(40)32-46)34-56(60)57-37-54-53-33-47(45-25-23-39-13-7-9-19-43(39)31-45)27-29-52(53)50-21-11-12-22-51(50)55(54)38-61(57)63/h1-38H. The number of fused-ring (bicyclic) bond motifs is 11. The Morgan fingerprint density at radius 2 is 0.667 bits per heavy atom. The average Bonchev–Trinajstić information content (AvgIpc) is 3.68. The molecule has 0 N–H and O–H groups in total. The van der Waals surface area contributed by atoms with E-state index >= 15 is 0 Å². The third kappa shape index (κ3) is 5.84. The summed E-state index contributed by atoms with van der Waals surface area (Å²) < 4.78 is 2.47. The van der Waals surface area contributed by atoms with Gasteiger partial charge in [-0.3, -0.25) is 0 Å². The maximum atomic E-state index is 5.28. The first-order chi connectivity index (χ1) is 31.2. The van der Waals surface area contributed by atoms with Crippen LogP contribution in [0.4, 0.5) is 0 Å². The van der Waals surface area contributed by atoms with Crippen LogP contribution in [0, 0.1) is 0 Å². The monoisotopic (exact) mass is 798 g/mol. The highest BCUT2D eigenvalue weighted by molar-refractivity contribution is 6.29. The lowest BCUT2D eigenvalue weighted by molar-refractivity contribution is 1.16. The van der Waals surface area contributed by atoms with Crippen molar-refractivity contribution in [2.45, 2.75) is 0 Å². The normalized spacial score (nSPS) is 11.8. The van der Waals surface area contributed by atoms with Crippen LogP contribution in [0.2, 0.25) is 0 Å². The molecule has 0 aliphatic heterocycles. The van der Waals surface area contributed by atoms with Gasteiger partial charge in [0.15, 0.2) is 0 Å². The van der Waals surface area contributed by atoms with Crippen LogP contribution in [0.3, 0.4) is 0 Å². The Balaban J connectivity index is 1.13. The van der Waals surface area contributed by atoms with Crippen LogP contribution in [0.1, 0.15) is 0 Å². The maximum absolute atomic E-state index is 5.28. The fourth-order valence-electron chi connectivity index (χ4n) is 10.00. The third-order valence-corrected chi connectivity index (χ3v) is 13.1. The zero-order chi connectivity index (χ0) is 41.4. The lowest BCUT2D eigenvalue weighted by Crippen LogP contribution is -1.98.